The molecule has 0 aromatic carbocycles. The smallest absolute Gasteiger partial charge is 0.0251 e. The first-order chi connectivity index (χ1) is 6.72. The Kier molecular flexibility index (Phi) is 5.57. The van der Waals surface area contributed by atoms with Gasteiger partial charge in [-0.2, -0.15) is 0 Å². The molecule has 0 N–H and O–H groups in total. The summed E-state index contributed by atoms with van der Waals surface area (Å²) in [5.74, 6) is 2.27. The Morgan fingerprint density at radius 2 is 2.21 bits per heavy atom. The van der Waals surface area contributed by atoms with E-state index in [4.69, 9.17) is 11.6 Å². The lowest BCUT2D eigenvalue weighted by Crippen LogP contribution is -2.07. The van der Waals surface area contributed by atoms with Crippen molar-refractivity contribution in [2.45, 2.75) is 33.1 Å². The highest BCUT2D eigenvalue weighted by molar-refractivity contribution is 7.09. The van der Waals surface area contributed by atoms with Gasteiger partial charge >= 0.3 is 0 Å². The zero-order valence-electron chi connectivity index (χ0n) is 9.00. The first-order valence-corrected chi connectivity index (χ1v) is 6.72. The van der Waals surface area contributed by atoms with E-state index in [1.165, 1.54) is 24.1 Å². The number of hydrogen-bond acceptors (Lipinski definition) is 1. The van der Waals surface area contributed by atoms with Gasteiger partial charge in [-0.25, -0.2) is 0 Å². The van der Waals surface area contributed by atoms with E-state index in [1.807, 2.05) is 11.3 Å². The highest BCUT2D eigenvalue weighted by atomic mass is 35.5. The predicted octanol–water partition coefficient (Wildman–Crippen LogP) is 4.58. The van der Waals surface area contributed by atoms with Crippen LogP contribution in [0.4, 0.5) is 0 Å². The summed E-state index contributed by atoms with van der Waals surface area (Å²) in [5.41, 5.74) is 0. The number of rotatable bonds is 6. The summed E-state index contributed by atoms with van der Waals surface area (Å²) in [6.07, 6.45) is 3.69. The second-order valence-corrected chi connectivity index (χ2v) is 5.61. The van der Waals surface area contributed by atoms with Crippen LogP contribution in [0.1, 0.15) is 31.6 Å². The van der Waals surface area contributed by atoms with E-state index in [0.29, 0.717) is 5.92 Å². The zero-order chi connectivity index (χ0) is 10.4. The quantitative estimate of drug-likeness (QED) is 0.628. The third-order valence-corrected chi connectivity index (χ3v) is 3.77. The van der Waals surface area contributed by atoms with Crippen molar-refractivity contribution in [3.8, 4) is 0 Å². The molecule has 0 fully saturated rings. The third kappa shape index (κ3) is 4.47. The molecule has 80 valence electrons. The van der Waals surface area contributed by atoms with Crippen molar-refractivity contribution in [1.29, 1.82) is 0 Å². The topological polar surface area (TPSA) is 0 Å². The van der Waals surface area contributed by atoms with Crippen LogP contribution < -0.4 is 0 Å². The Bertz CT molecular complexity index is 228. The maximum atomic E-state index is 5.96. The summed E-state index contributed by atoms with van der Waals surface area (Å²) in [7, 11) is 0. The van der Waals surface area contributed by atoms with Crippen molar-refractivity contribution in [3.05, 3.63) is 22.4 Å². The van der Waals surface area contributed by atoms with Crippen LogP contribution in [0.2, 0.25) is 0 Å². The van der Waals surface area contributed by atoms with Crippen molar-refractivity contribution >= 4 is 22.9 Å². The molecule has 1 atom stereocenters. The maximum Gasteiger partial charge on any atom is 0.0251 e. The molecule has 1 unspecified atom stereocenters. The highest BCUT2D eigenvalue weighted by Crippen LogP contribution is 2.21. The molecular formula is C12H19ClS. The number of halogens is 1. The molecule has 0 saturated carbocycles. The molecule has 14 heavy (non-hydrogen) atoms. The standard InChI is InChI=1S/C12H19ClS/c1-10(2)8-11(9-13)5-6-12-4-3-7-14-12/h3-4,7,10-11H,5-6,8-9H2,1-2H3. The molecule has 2 heteroatoms. The van der Waals surface area contributed by atoms with Gasteiger partial charge in [-0.15, -0.1) is 22.9 Å². The molecular weight excluding hydrogens is 212 g/mol. The summed E-state index contributed by atoms with van der Waals surface area (Å²) >= 11 is 7.81. The normalized spacial score (nSPS) is 13.4. The highest BCUT2D eigenvalue weighted by Gasteiger charge is 2.09. The van der Waals surface area contributed by atoms with Gasteiger partial charge in [0.25, 0.3) is 0 Å². The molecule has 1 heterocycles. The molecule has 0 aliphatic rings. The van der Waals surface area contributed by atoms with Crippen LogP contribution in [0.15, 0.2) is 17.5 Å². The fourth-order valence-electron chi connectivity index (χ4n) is 1.73. The summed E-state index contributed by atoms with van der Waals surface area (Å²) in [5, 5.41) is 2.15. The van der Waals surface area contributed by atoms with Crippen LogP contribution in [-0.2, 0) is 6.42 Å². The first kappa shape index (κ1) is 12.1. The number of aryl methyl sites for hydroxylation is 1. The van der Waals surface area contributed by atoms with Gasteiger partial charge in [-0.1, -0.05) is 19.9 Å². The molecule has 0 aliphatic carbocycles. The Labute approximate surface area is 96.3 Å². The molecule has 0 spiro atoms. The molecule has 0 amide bonds. The lowest BCUT2D eigenvalue weighted by Gasteiger charge is -2.15. The second kappa shape index (κ2) is 6.47. The molecule has 0 nitrogen and oxygen atoms in total. The minimum atomic E-state index is 0.693. The maximum absolute atomic E-state index is 5.96. The first-order valence-electron chi connectivity index (χ1n) is 5.30. The summed E-state index contributed by atoms with van der Waals surface area (Å²) in [4.78, 5) is 1.49. The molecule has 0 aliphatic heterocycles. The van der Waals surface area contributed by atoms with Gasteiger partial charge in [0.05, 0.1) is 0 Å². The van der Waals surface area contributed by atoms with Crippen LogP contribution in [0, 0.1) is 11.8 Å². The molecule has 0 saturated heterocycles. The van der Waals surface area contributed by atoms with Crippen LogP contribution in [0.25, 0.3) is 0 Å². The van der Waals surface area contributed by atoms with E-state index in [1.54, 1.807) is 0 Å². The van der Waals surface area contributed by atoms with Gasteiger partial charge in [0, 0.05) is 10.8 Å². The molecule has 1 rings (SSSR count). The van der Waals surface area contributed by atoms with Gasteiger partial charge in [0.1, 0.15) is 0 Å². The average Bonchev–Trinajstić information content (AvgIpc) is 2.64. The zero-order valence-corrected chi connectivity index (χ0v) is 10.6. The van der Waals surface area contributed by atoms with Gasteiger partial charge < -0.3 is 0 Å². The van der Waals surface area contributed by atoms with Crippen molar-refractivity contribution < 1.29 is 0 Å². The van der Waals surface area contributed by atoms with Gasteiger partial charge in [0.2, 0.25) is 0 Å². The fourth-order valence-corrected chi connectivity index (χ4v) is 2.73. The second-order valence-electron chi connectivity index (χ2n) is 4.27. The lowest BCUT2D eigenvalue weighted by atomic mass is 9.94. The van der Waals surface area contributed by atoms with E-state index in [0.717, 1.165) is 11.8 Å². The number of hydrogen-bond donors (Lipinski definition) is 0. The molecule has 0 radical (unpaired) electrons. The van der Waals surface area contributed by atoms with Crippen molar-refractivity contribution in [2.75, 3.05) is 5.88 Å². The molecule has 1 aromatic rings. The van der Waals surface area contributed by atoms with Crippen LogP contribution >= 0.6 is 22.9 Å². The number of thiophene rings is 1. The van der Waals surface area contributed by atoms with Gasteiger partial charge in [0.15, 0.2) is 0 Å². The van der Waals surface area contributed by atoms with Crippen LogP contribution in [-0.4, -0.2) is 5.88 Å². The summed E-state index contributed by atoms with van der Waals surface area (Å²) in [6, 6.07) is 4.34. The minimum absolute atomic E-state index is 0.693. The summed E-state index contributed by atoms with van der Waals surface area (Å²) in [6.45, 7) is 4.54. The van der Waals surface area contributed by atoms with E-state index in [9.17, 15) is 0 Å². The van der Waals surface area contributed by atoms with E-state index >= 15 is 0 Å². The predicted molar refractivity (Wildman–Crippen MR) is 66.3 cm³/mol. The Morgan fingerprint density at radius 1 is 1.43 bits per heavy atom. The fraction of sp³-hybridized carbons (Fsp3) is 0.667. The number of alkyl halides is 1. The van der Waals surface area contributed by atoms with Crippen molar-refractivity contribution in [2.24, 2.45) is 11.8 Å². The van der Waals surface area contributed by atoms with E-state index in [2.05, 4.69) is 31.4 Å². The molecule has 0 bridgehead atoms. The largest absolute Gasteiger partial charge is 0.149 e. The lowest BCUT2D eigenvalue weighted by molar-refractivity contribution is 0.420. The van der Waals surface area contributed by atoms with Crippen LogP contribution in [0.5, 0.6) is 0 Å². The summed E-state index contributed by atoms with van der Waals surface area (Å²) < 4.78 is 0. The van der Waals surface area contributed by atoms with E-state index in [-0.39, 0.29) is 0 Å². The SMILES string of the molecule is CC(C)CC(CCl)CCc1cccs1. The Balaban J connectivity index is 2.27. The Morgan fingerprint density at radius 3 is 2.71 bits per heavy atom. The third-order valence-electron chi connectivity index (χ3n) is 2.40. The monoisotopic (exact) mass is 230 g/mol. The van der Waals surface area contributed by atoms with E-state index < -0.39 is 0 Å². The van der Waals surface area contributed by atoms with Gasteiger partial charge in [-0.3, -0.25) is 0 Å². The Hall–Kier alpha value is -0.0100. The average molecular weight is 231 g/mol. The van der Waals surface area contributed by atoms with Gasteiger partial charge in [-0.05, 0) is 42.5 Å². The van der Waals surface area contributed by atoms with Crippen LogP contribution in [0.3, 0.4) is 0 Å². The van der Waals surface area contributed by atoms with Crippen molar-refractivity contribution in [3.63, 3.8) is 0 Å². The molecule has 1 aromatic heterocycles. The minimum Gasteiger partial charge on any atom is -0.149 e. The van der Waals surface area contributed by atoms with Crippen molar-refractivity contribution in [1.82, 2.24) is 0 Å².